The number of carbonyl (C=O) groups is 1. The Morgan fingerprint density at radius 1 is 1.11 bits per heavy atom. The Labute approximate surface area is 273 Å². The molecule has 4 aromatic rings. The van der Waals surface area contributed by atoms with Gasteiger partial charge in [0.2, 0.25) is 5.91 Å². The number of carbonyl (C=O) groups excluding carboxylic acids is 1. The maximum Gasteiger partial charge on any atom is 0.379 e. The first kappa shape index (κ1) is 33.9. The molecule has 2 saturated heterocycles. The fourth-order valence-corrected chi connectivity index (χ4v) is 6.44. The van der Waals surface area contributed by atoms with Gasteiger partial charge in [-0.15, -0.1) is 0 Å². The van der Waals surface area contributed by atoms with Crippen molar-refractivity contribution < 1.29 is 27.8 Å². The number of nitrogens with one attached hydrogen (secondary N) is 1. The molecular formula is C32H34Cl2F3N5O4. The van der Waals surface area contributed by atoms with Gasteiger partial charge in [-0.25, -0.2) is 4.98 Å². The molecule has 2 aromatic heterocycles. The Bertz CT molecular complexity index is 1700. The average molecular weight is 681 g/mol. The molecule has 0 spiro atoms. The number of aryl methyl sites for hydroxylation is 1. The van der Waals surface area contributed by atoms with E-state index in [1.165, 1.54) is 10.9 Å². The van der Waals surface area contributed by atoms with E-state index in [-0.39, 0.29) is 24.1 Å². The number of hydrogen-bond donors (Lipinski definition) is 2. The summed E-state index contributed by atoms with van der Waals surface area (Å²) >= 11 is 13.3. The highest BCUT2D eigenvalue weighted by Crippen LogP contribution is 2.31. The van der Waals surface area contributed by atoms with Crippen molar-refractivity contribution in [2.45, 2.75) is 50.6 Å². The zero-order valence-corrected chi connectivity index (χ0v) is 26.4. The van der Waals surface area contributed by atoms with E-state index in [4.69, 9.17) is 27.9 Å². The molecular weight excluding hydrogens is 646 g/mol. The van der Waals surface area contributed by atoms with Gasteiger partial charge in [-0.3, -0.25) is 18.7 Å². The van der Waals surface area contributed by atoms with Crippen LogP contribution in [0.25, 0.3) is 16.7 Å². The number of morpholine rings is 1. The standard InChI is InChI=1S/C31H33Cl2N5O4.CHF3/c32-25-16-22(7-8-23(25)26-18-42-15-12-34-26)38-27(33)17-24-29(38)35-20-37(30(24)40)19-31(41)10-13-36(14-11-31)28(39)9-6-21-4-2-1-3-5-21;2-1(3)4/h1-5,7-8,16-17,20,26,34,41H,6,9-15,18-19H2;1H. The van der Waals surface area contributed by atoms with Crippen molar-refractivity contribution >= 4 is 40.1 Å². The minimum Gasteiger partial charge on any atom is -0.388 e. The van der Waals surface area contributed by atoms with Crippen LogP contribution in [0.4, 0.5) is 13.2 Å². The number of aromatic nitrogens is 3. The fourth-order valence-electron chi connectivity index (χ4n) is 5.85. The number of likely N-dealkylation sites (tertiary alicyclic amines) is 1. The number of alkyl halides is 3. The molecule has 0 radical (unpaired) electrons. The molecule has 2 aliphatic rings. The van der Waals surface area contributed by atoms with Gasteiger partial charge in [0, 0.05) is 36.8 Å². The van der Waals surface area contributed by atoms with Gasteiger partial charge in [-0.1, -0.05) is 59.6 Å². The van der Waals surface area contributed by atoms with Crippen LogP contribution in [-0.2, 0) is 22.5 Å². The highest BCUT2D eigenvalue weighted by molar-refractivity contribution is 6.32. The number of halogens is 5. The number of nitrogens with zero attached hydrogens (tertiary/aromatic N) is 4. The number of aliphatic hydroxyl groups is 1. The summed E-state index contributed by atoms with van der Waals surface area (Å²) in [5.41, 5.74) is 1.75. The van der Waals surface area contributed by atoms with E-state index in [1.807, 2.05) is 48.5 Å². The van der Waals surface area contributed by atoms with Crippen LogP contribution in [0.1, 0.15) is 36.4 Å². The Hall–Kier alpha value is -3.42. The Balaban J connectivity index is 0.000000985. The number of fused-ring (bicyclic) bond motifs is 1. The van der Waals surface area contributed by atoms with Crippen molar-refractivity contribution in [3.8, 4) is 5.69 Å². The average Bonchev–Trinajstić information content (AvgIpc) is 3.38. The largest absolute Gasteiger partial charge is 0.388 e. The van der Waals surface area contributed by atoms with E-state index in [2.05, 4.69) is 10.3 Å². The molecule has 0 saturated carbocycles. The highest BCUT2D eigenvalue weighted by atomic mass is 35.5. The number of ether oxygens (including phenoxy) is 1. The minimum atomic E-state index is -3.67. The summed E-state index contributed by atoms with van der Waals surface area (Å²) in [6.07, 6.45) is 3.32. The highest BCUT2D eigenvalue weighted by Gasteiger charge is 2.35. The molecule has 2 aliphatic heterocycles. The first-order valence-electron chi connectivity index (χ1n) is 14.9. The molecule has 2 aromatic carbocycles. The molecule has 14 heteroatoms. The third-order valence-electron chi connectivity index (χ3n) is 8.26. The molecule has 6 rings (SSSR count). The smallest absolute Gasteiger partial charge is 0.379 e. The second-order valence-corrected chi connectivity index (χ2v) is 12.1. The monoisotopic (exact) mass is 679 g/mol. The second kappa shape index (κ2) is 15.0. The van der Waals surface area contributed by atoms with Crippen molar-refractivity contribution in [3.63, 3.8) is 0 Å². The van der Waals surface area contributed by atoms with Crippen molar-refractivity contribution in [2.75, 3.05) is 32.8 Å². The van der Waals surface area contributed by atoms with Crippen LogP contribution >= 0.6 is 23.2 Å². The fraction of sp³-hybridized carbons (Fsp3) is 0.406. The zero-order valence-electron chi connectivity index (χ0n) is 24.8. The topological polar surface area (TPSA) is 102 Å². The van der Waals surface area contributed by atoms with Crippen molar-refractivity contribution in [3.05, 3.63) is 92.6 Å². The summed E-state index contributed by atoms with van der Waals surface area (Å²) in [5, 5.41) is 16.0. The van der Waals surface area contributed by atoms with Crippen LogP contribution in [0.15, 0.2) is 65.7 Å². The van der Waals surface area contributed by atoms with Crippen molar-refractivity contribution in [1.29, 1.82) is 0 Å². The Morgan fingerprint density at radius 2 is 1.83 bits per heavy atom. The predicted molar refractivity (Wildman–Crippen MR) is 170 cm³/mol. The second-order valence-electron chi connectivity index (χ2n) is 11.3. The SMILES string of the molecule is FC(F)F.O=C(CCc1ccccc1)N1CCC(O)(Cn2cnc3c(cc(Cl)n3-c3ccc(C4COCCN4)c(Cl)c3)c2=O)CC1. The maximum absolute atomic E-state index is 13.5. The summed E-state index contributed by atoms with van der Waals surface area (Å²) in [5.74, 6) is 0.0774. The predicted octanol–water partition coefficient (Wildman–Crippen LogP) is 5.32. The van der Waals surface area contributed by atoms with Crippen LogP contribution in [-0.4, -0.2) is 75.2 Å². The Morgan fingerprint density at radius 3 is 2.48 bits per heavy atom. The third kappa shape index (κ3) is 8.10. The molecule has 46 heavy (non-hydrogen) atoms. The normalized spacial score (nSPS) is 18.0. The third-order valence-corrected chi connectivity index (χ3v) is 8.87. The van der Waals surface area contributed by atoms with Gasteiger partial charge >= 0.3 is 6.68 Å². The maximum atomic E-state index is 13.5. The summed E-state index contributed by atoms with van der Waals surface area (Å²) in [4.78, 5) is 32.6. The minimum absolute atomic E-state index is 0.00702. The summed E-state index contributed by atoms with van der Waals surface area (Å²) in [7, 11) is 0. The summed E-state index contributed by atoms with van der Waals surface area (Å²) in [6.45, 7) is -0.729. The van der Waals surface area contributed by atoms with Crippen molar-refractivity contribution in [2.24, 2.45) is 0 Å². The zero-order chi connectivity index (χ0) is 32.8. The van der Waals surface area contributed by atoms with E-state index in [9.17, 15) is 27.9 Å². The van der Waals surface area contributed by atoms with E-state index in [1.54, 1.807) is 15.5 Å². The van der Waals surface area contributed by atoms with Crippen LogP contribution in [0.3, 0.4) is 0 Å². The molecule has 2 N–H and O–H groups in total. The number of benzene rings is 2. The van der Waals surface area contributed by atoms with Gasteiger partial charge in [0.1, 0.15) is 11.5 Å². The van der Waals surface area contributed by atoms with Gasteiger partial charge in [0.25, 0.3) is 5.56 Å². The molecule has 4 heterocycles. The molecule has 0 aliphatic carbocycles. The first-order valence-corrected chi connectivity index (χ1v) is 15.6. The molecule has 1 amide bonds. The van der Waals surface area contributed by atoms with E-state index in [0.29, 0.717) is 78.9 Å². The van der Waals surface area contributed by atoms with Gasteiger partial charge in [0.05, 0.1) is 36.8 Å². The van der Waals surface area contributed by atoms with Gasteiger partial charge in [-0.2, -0.15) is 13.2 Å². The van der Waals surface area contributed by atoms with Gasteiger partial charge < -0.3 is 20.1 Å². The number of piperidine rings is 1. The summed E-state index contributed by atoms with van der Waals surface area (Å²) < 4.78 is 37.7. The van der Waals surface area contributed by atoms with Crippen molar-refractivity contribution in [1.82, 2.24) is 24.3 Å². The van der Waals surface area contributed by atoms with Crippen LogP contribution in [0, 0.1) is 0 Å². The molecule has 1 atom stereocenters. The van der Waals surface area contributed by atoms with Crippen LogP contribution < -0.4 is 10.9 Å². The van der Waals surface area contributed by atoms with Gasteiger partial charge in [0.15, 0.2) is 5.65 Å². The quantitative estimate of drug-likeness (QED) is 0.274. The Kier molecular flexibility index (Phi) is 11.1. The molecule has 9 nitrogen and oxygen atoms in total. The lowest BCUT2D eigenvalue weighted by molar-refractivity contribution is -0.135. The van der Waals surface area contributed by atoms with Crippen LogP contribution in [0.2, 0.25) is 10.2 Å². The molecule has 1 unspecified atom stereocenters. The van der Waals surface area contributed by atoms with E-state index < -0.39 is 12.3 Å². The van der Waals surface area contributed by atoms with E-state index >= 15 is 0 Å². The lowest BCUT2D eigenvalue weighted by Crippen LogP contribution is -2.49. The lowest BCUT2D eigenvalue weighted by atomic mass is 9.91. The number of hydrogen-bond acceptors (Lipinski definition) is 6. The molecule has 246 valence electrons. The molecule has 2 fully saturated rings. The number of amides is 1. The molecule has 0 bridgehead atoms. The van der Waals surface area contributed by atoms with Gasteiger partial charge in [-0.05, 0) is 48.6 Å². The lowest BCUT2D eigenvalue weighted by Gasteiger charge is -2.38. The van der Waals surface area contributed by atoms with E-state index in [0.717, 1.165) is 17.7 Å². The first-order chi connectivity index (χ1) is 22.0. The summed E-state index contributed by atoms with van der Waals surface area (Å²) in [6, 6.07) is 17.2. The number of rotatable bonds is 7. The van der Waals surface area contributed by atoms with Crippen LogP contribution in [0.5, 0.6) is 0 Å².